The lowest BCUT2D eigenvalue weighted by Crippen LogP contribution is -2.02. The van der Waals surface area contributed by atoms with Crippen LogP contribution in [0.4, 0.5) is 0 Å². The zero-order valence-corrected chi connectivity index (χ0v) is 14.6. The zero-order chi connectivity index (χ0) is 17.3. The summed E-state index contributed by atoms with van der Waals surface area (Å²) in [5.74, 6) is 2.37. The van der Waals surface area contributed by atoms with Gasteiger partial charge in [0.1, 0.15) is 11.3 Å². The van der Waals surface area contributed by atoms with E-state index in [0.29, 0.717) is 12.5 Å². The third-order valence-electron chi connectivity index (χ3n) is 4.97. The van der Waals surface area contributed by atoms with Gasteiger partial charge >= 0.3 is 0 Å². The van der Waals surface area contributed by atoms with Crippen molar-refractivity contribution in [2.45, 2.75) is 32.1 Å². The van der Waals surface area contributed by atoms with Crippen molar-refractivity contribution in [3.8, 4) is 17.3 Å². The maximum absolute atomic E-state index is 5.96. The van der Waals surface area contributed by atoms with Crippen molar-refractivity contribution in [3.05, 3.63) is 48.7 Å². The molecule has 0 saturated heterocycles. The number of aromatic nitrogens is 3. The number of nitrogens with zero attached hydrogens (tertiary/aromatic N) is 3. The van der Waals surface area contributed by atoms with Gasteiger partial charge in [0.15, 0.2) is 11.4 Å². The molecule has 5 heteroatoms. The number of ether oxygens (including phenoxy) is 1. The second-order valence-corrected chi connectivity index (χ2v) is 7.02. The molecule has 0 spiro atoms. The topological polar surface area (TPSA) is 52.6 Å². The Labute approximate surface area is 151 Å². The van der Waals surface area contributed by atoms with E-state index < -0.39 is 0 Å². The first-order chi connectivity index (χ1) is 12.9. The summed E-state index contributed by atoms with van der Waals surface area (Å²) in [7, 11) is 0. The van der Waals surface area contributed by atoms with Crippen molar-refractivity contribution in [2.75, 3.05) is 6.61 Å². The van der Waals surface area contributed by atoms with Gasteiger partial charge in [0.05, 0.1) is 12.8 Å². The molecule has 0 radical (unpaired) electrons. The van der Waals surface area contributed by atoms with Crippen LogP contribution in [-0.2, 0) is 0 Å². The monoisotopic (exact) mass is 347 g/mol. The van der Waals surface area contributed by atoms with E-state index in [2.05, 4.69) is 10.1 Å². The van der Waals surface area contributed by atoms with Gasteiger partial charge in [0, 0.05) is 11.5 Å². The van der Waals surface area contributed by atoms with Gasteiger partial charge in [-0.2, -0.15) is 0 Å². The van der Waals surface area contributed by atoms with Crippen LogP contribution in [0.3, 0.4) is 0 Å². The number of imidazole rings is 1. The average Bonchev–Trinajstić information content (AvgIpc) is 3.24. The molecule has 1 fully saturated rings. The SMILES string of the molecule is c1ccc2oc(-c3cnc4ccc(OCCCCC5CC5)nn34)cc2c1. The highest BCUT2D eigenvalue weighted by Crippen LogP contribution is 2.33. The van der Waals surface area contributed by atoms with E-state index in [1.54, 1.807) is 10.7 Å². The van der Waals surface area contributed by atoms with Gasteiger partial charge in [-0.05, 0) is 37.0 Å². The van der Waals surface area contributed by atoms with Gasteiger partial charge in [-0.3, -0.25) is 0 Å². The molecule has 132 valence electrons. The minimum absolute atomic E-state index is 0.624. The molecule has 0 atom stereocenters. The summed E-state index contributed by atoms with van der Waals surface area (Å²) in [5, 5.41) is 5.67. The van der Waals surface area contributed by atoms with Crippen molar-refractivity contribution in [2.24, 2.45) is 5.92 Å². The molecule has 4 aromatic rings. The number of para-hydroxylation sites is 1. The summed E-state index contributed by atoms with van der Waals surface area (Å²) in [6.07, 6.45) is 8.29. The molecular formula is C21H21N3O2. The highest BCUT2D eigenvalue weighted by Gasteiger charge is 2.20. The van der Waals surface area contributed by atoms with Crippen molar-refractivity contribution < 1.29 is 9.15 Å². The third-order valence-corrected chi connectivity index (χ3v) is 4.97. The molecule has 5 nitrogen and oxygen atoms in total. The van der Waals surface area contributed by atoms with Crippen molar-refractivity contribution >= 4 is 16.6 Å². The number of rotatable bonds is 7. The first kappa shape index (κ1) is 15.4. The maximum Gasteiger partial charge on any atom is 0.231 e. The molecule has 0 bridgehead atoms. The molecule has 0 amide bonds. The number of unbranched alkanes of at least 4 members (excludes halogenated alkanes) is 1. The van der Waals surface area contributed by atoms with Crippen LogP contribution in [0, 0.1) is 5.92 Å². The van der Waals surface area contributed by atoms with Crippen molar-refractivity contribution in [1.29, 1.82) is 0 Å². The van der Waals surface area contributed by atoms with E-state index in [0.717, 1.165) is 40.4 Å². The van der Waals surface area contributed by atoms with Gasteiger partial charge in [0.25, 0.3) is 0 Å². The third kappa shape index (κ3) is 3.05. The smallest absolute Gasteiger partial charge is 0.231 e. The van der Waals surface area contributed by atoms with Crippen molar-refractivity contribution in [3.63, 3.8) is 0 Å². The van der Waals surface area contributed by atoms with Crippen LogP contribution in [0.15, 0.2) is 53.1 Å². The lowest BCUT2D eigenvalue weighted by atomic mass is 10.2. The Bertz CT molecular complexity index is 1010. The normalized spacial score (nSPS) is 14.3. The predicted octanol–water partition coefficient (Wildman–Crippen LogP) is 5.10. The van der Waals surface area contributed by atoms with E-state index in [1.807, 2.05) is 42.5 Å². The van der Waals surface area contributed by atoms with E-state index in [1.165, 1.54) is 25.7 Å². The molecule has 5 rings (SSSR count). The molecule has 3 heterocycles. The average molecular weight is 347 g/mol. The number of hydrogen-bond donors (Lipinski definition) is 0. The minimum atomic E-state index is 0.624. The molecule has 1 saturated carbocycles. The fraction of sp³-hybridized carbons (Fsp3) is 0.333. The lowest BCUT2D eigenvalue weighted by Gasteiger charge is -2.06. The fourth-order valence-electron chi connectivity index (χ4n) is 3.33. The number of furan rings is 1. The molecule has 0 aliphatic heterocycles. The summed E-state index contributed by atoms with van der Waals surface area (Å²) in [6, 6.07) is 13.8. The Morgan fingerprint density at radius 3 is 2.92 bits per heavy atom. The van der Waals surface area contributed by atoms with Gasteiger partial charge in [-0.1, -0.05) is 37.5 Å². The Kier molecular flexibility index (Phi) is 3.85. The summed E-state index contributed by atoms with van der Waals surface area (Å²) in [4.78, 5) is 4.43. The minimum Gasteiger partial charge on any atom is -0.477 e. The van der Waals surface area contributed by atoms with E-state index >= 15 is 0 Å². The Hall–Kier alpha value is -2.82. The summed E-state index contributed by atoms with van der Waals surface area (Å²) in [5.41, 5.74) is 2.47. The standard InChI is InChI=1S/C21H21N3O2/c1-2-7-18-16(6-1)13-19(26-18)17-14-22-20-10-11-21(23-24(17)20)25-12-4-3-5-15-8-9-15/h1-2,6-7,10-11,13-15H,3-5,8-9,12H2. The van der Waals surface area contributed by atoms with Crippen LogP contribution in [0.5, 0.6) is 5.88 Å². The largest absolute Gasteiger partial charge is 0.477 e. The molecule has 1 aliphatic carbocycles. The maximum atomic E-state index is 5.96. The van der Waals surface area contributed by atoms with E-state index in [-0.39, 0.29) is 0 Å². The zero-order valence-electron chi connectivity index (χ0n) is 14.6. The van der Waals surface area contributed by atoms with Gasteiger partial charge in [-0.25, -0.2) is 9.50 Å². The fourth-order valence-corrected chi connectivity index (χ4v) is 3.33. The van der Waals surface area contributed by atoms with Gasteiger partial charge in [0.2, 0.25) is 5.88 Å². The van der Waals surface area contributed by atoms with Gasteiger partial charge in [-0.15, -0.1) is 5.10 Å². The second-order valence-electron chi connectivity index (χ2n) is 7.02. The van der Waals surface area contributed by atoms with E-state index in [9.17, 15) is 0 Å². The number of fused-ring (bicyclic) bond motifs is 2. The number of hydrogen-bond acceptors (Lipinski definition) is 4. The summed E-state index contributed by atoms with van der Waals surface area (Å²) < 4.78 is 13.6. The summed E-state index contributed by atoms with van der Waals surface area (Å²) >= 11 is 0. The molecule has 1 aliphatic rings. The van der Waals surface area contributed by atoms with Crippen LogP contribution in [0.2, 0.25) is 0 Å². The Balaban J connectivity index is 1.36. The van der Waals surface area contributed by atoms with Crippen LogP contribution in [0.25, 0.3) is 28.1 Å². The van der Waals surface area contributed by atoms with E-state index in [4.69, 9.17) is 9.15 Å². The Morgan fingerprint density at radius 2 is 2.04 bits per heavy atom. The highest BCUT2D eigenvalue weighted by atomic mass is 16.5. The first-order valence-corrected chi connectivity index (χ1v) is 9.33. The Morgan fingerprint density at radius 1 is 1.12 bits per heavy atom. The molecule has 0 unspecified atom stereocenters. The molecule has 26 heavy (non-hydrogen) atoms. The summed E-state index contributed by atoms with van der Waals surface area (Å²) in [6.45, 7) is 0.708. The van der Waals surface area contributed by atoms with Gasteiger partial charge < -0.3 is 9.15 Å². The second kappa shape index (κ2) is 6.48. The van der Waals surface area contributed by atoms with Crippen LogP contribution >= 0.6 is 0 Å². The van der Waals surface area contributed by atoms with Crippen LogP contribution in [0.1, 0.15) is 32.1 Å². The predicted molar refractivity (Wildman–Crippen MR) is 100 cm³/mol. The van der Waals surface area contributed by atoms with Crippen LogP contribution in [-0.4, -0.2) is 21.2 Å². The van der Waals surface area contributed by atoms with Crippen molar-refractivity contribution in [1.82, 2.24) is 14.6 Å². The molecule has 3 aromatic heterocycles. The highest BCUT2D eigenvalue weighted by molar-refractivity contribution is 5.82. The molecule has 0 N–H and O–H groups in total. The number of benzene rings is 1. The molecule has 1 aromatic carbocycles. The first-order valence-electron chi connectivity index (χ1n) is 9.33. The lowest BCUT2D eigenvalue weighted by molar-refractivity contribution is 0.288. The quantitative estimate of drug-likeness (QED) is 0.436. The van der Waals surface area contributed by atoms with Crippen LogP contribution < -0.4 is 4.74 Å². The molecular weight excluding hydrogens is 326 g/mol.